The molecule has 134 valence electrons. The Morgan fingerprint density at radius 3 is 2.58 bits per heavy atom. The van der Waals surface area contributed by atoms with Gasteiger partial charge >= 0.3 is 0 Å². The minimum absolute atomic E-state index is 0.181. The molecule has 0 fully saturated rings. The van der Waals surface area contributed by atoms with E-state index in [1.807, 2.05) is 39.4 Å². The van der Waals surface area contributed by atoms with Crippen LogP contribution in [0.3, 0.4) is 0 Å². The minimum Gasteiger partial charge on any atom is -0.342 e. The second-order valence-corrected chi connectivity index (χ2v) is 6.59. The summed E-state index contributed by atoms with van der Waals surface area (Å²) in [5.41, 5.74) is 4.68. The molecule has 0 saturated carbocycles. The van der Waals surface area contributed by atoms with Gasteiger partial charge in [0.2, 0.25) is 5.91 Å². The fraction of sp³-hybridized carbons (Fsp3) is 0.368. The molecule has 1 aromatic carbocycles. The van der Waals surface area contributed by atoms with E-state index in [-0.39, 0.29) is 5.91 Å². The van der Waals surface area contributed by atoms with Gasteiger partial charge in [-0.1, -0.05) is 30.3 Å². The van der Waals surface area contributed by atoms with Gasteiger partial charge < -0.3 is 9.47 Å². The molecule has 3 heterocycles. The van der Waals surface area contributed by atoms with Crippen molar-refractivity contribution in [1.29, 1.82) is 0 Å². The van der Waals surface area contributed by atoms with Crippen molar-refractivity contribution in [1.82, 2.24) is 29.4 Å². The molecule has 0 spiro atoms. The van der Waals surface area contributed by atoms with Gasteiger partial charge in [-0.3, -0.25) is 9.48 Å². The number of benzene rings is 1. The number of hydrogen-bond acceptors (Lipinski definition) is 4. The quantitative estimate of drug-likeness (QED) is 0.718. The first-order valence-electron chi connectivity index (χ1n) is 8.92. The summed E-state index contributed by atoms with van der Waals surface area (Å²) in [7, 11) is 1.99. The van der Waals surface area contributed by atoms with Gasteiger partial charge in [-0.25, -0.2) is 0 Å². The first-order valence-corrected chi connectivity index (χ1v) is 8.92. The van der Waals surface area contributed by atoms with E-state index in [0.717, 1.165) is 37.2 Å². The molecule has 0 saturated heterocycles. The van der Waals surface area contributed by atoms with E-state index in [2.05, 4.69) is 22.3 Å². The van der Waals surface area contributed by atoms with Crippen LogP contribution in [-0.2, 0) is 31.2 Å². The molecular formula is C19H22N6O. The van der Waals surface area contributed by atoms with E-state index in [1.54, 1.807) is 12.7 Å². The van der Waals surface area contributed by atoms with Crippen molar-refractivity contribution in [3.05, 3.63) is 54.2 Å². The summed E-state index contributed by atoms with van der Waals surface area (Å²) in [6.07, 6.45) is 5.43. The molecule has 0 bridgehead atoms. The fourth-order valence-electron chi connectivity index (χ4n) is 3.58. The Kier molecular flexibility index (Phi) is 4.51. The van der Waals surface area contributed by atoms with Gasteiger partial charge in [0.05, 0.1) is 5.69 Å². The molecule has 1 amide bonds. The van der Waals surface area contributed by atoms with Crippen molar-refractivity contribution in [2.75, 3.05) is 13.1 Å². The van der Waals surface area contributed by atoms with Crippen LogP contribution in [0.15, 0.2) is 43.0 Å². The van der Waals surface area contributed by atoms with Crippen molar-refractivity contribution < 1.29 is 4.79 Å². The van der Waals surface area contributed by atoms with Crippen LogP contribution in [0.5, 0.6) is 0 Å². The molecule has 7 heteroatoms. The highest BCUT2D eigenvalue weighted by Crippen LogP contribution is 2.28. The van der Waals surface area contributed by atoms with Gasteiger partial charge in [0.25, 0.3) is 0 Å². The van der Waals surface area contributed by atoms with Crippen molar-refractivity contribution >= 4 is 5.91 Å². The lowest BCUT2D eigenvalue weighted by molar-refractivity contribution is -0.131. The Morgan fingerprint density at radius 2 is 1.81 bits per heavy atom. The van der Waals surface area contributed by atoms with Crippen LogP contribution in [0, 0.1) is 0 Å². The average Bonchev–Trinajstić information content (AvgIpc) is 3.22. The molecule has 0 aliphatic carbocycles. The lowest BCUT2D eigenvalue weighted by Gasteiger charge is -2.20. The second-order valence-electron chi connectivity index (χ2n) is 6.59. The first kappa shape index (κ1) is 16.5. The summed E-state index contributed by atoms with van der Waals surface area (Å²) < 4.78 is 3.81. The topological polar surface area (TPSA) is 68.8 Å². The molecule has 0 atom stereocenters. The summed E-state index contributed by atoms with van der Waals surface area (Å²) >= 11 is 0. The van der Waals surface area contributed by atoms with E-state index >= 15 is 0 Å². The van der Waals surface area contributed by atoms with E-state index < -0.39 is 0 Å². The van der Waals surface area contributed by atoms with E-state index in [4.69, 9.17) is 5.10 Å². The van der Waals surface area contributed by atoms with Crippen LogP contribution in [0.25, 0.3) is 11.3 Å². The number of aryl methyl sites for hydroxylation is 2. The number of nitrogens with zero attached hydrogens (tertiary/aromatic N) is 6. The predicted molar refractivity (Wildman–Crippen MR) is 97.3 cm³/mol. The third-order valence-corrected chi connectivity index (χ3v) is 4.98. The van der Waals surface area contributed by atoms with E-state index in [9.17, 15) is 4.79 Å². The zero-order valence-corrected chi connectivity index (χ0v) is 14.9. The van der Waals surface area contributed by atoms with Gasteiger partial charge in [-0.05, 0) is 6.42 Å². The maximum absolute atomic E-state index is 12.6. The van der Waals surface area contributed by atoms with Gasteiger partial charge in [0.15, 0.2) is 0 Å². The number of carbonyl (C=O) groups is 1. The zero-order chi connectivity index (χ0) is 17.9. The van der Waals surface area contributed by atoms with Crippen molar-refractivity contribution in [3.8, 4) is 11.3 Å². The molecule has 7 nitrogen and oxygen atoms in total. The van der Waals surface area contributed by atoms with E-state index in [0.29, 0.717) is 13.0 Å². The Balaban J connectivity index is 1.48. The molecule has 4 rings (SSSR count). The number of amides is 1. The Labute approximate surface area is 152 Å². The third kappa shape index (κ3) is 3.24. The van der Waals surface area contributed by atoms with Crippen LogP contribution >= 0.6 is 0 Å². The zero-order valence-electron chi connectivity index (χ0n) is 14.9. The van der Waals surface area contributed by atoms with Gasteiger partial charge in [0, 0.05) is 56.3 Å². The summed E-state index contributed by atoms with van der Waals surface area (Å²) in [4.78, 5) is 14.6. The van der Waals surface area contributed by atoms with Crippen LogP contribution in [0.4, 0.5) is 0 Å². The highest BCUT2D eigenvalue weighted by molar-refractivity contribution is 5.76. The molecule has 1 aliphatic rings. The fourth-order valence-corrected chi connectivity index (χ4v) is 3.58. The predicted octanol–water partition coefficient (Wildman–Crippen LogP) is 1.70. The van der Waals surface area contributed by atoms with Crippen LogP contribution in [0.1, 0.15) is 17.7 Å². The highest BCUT2D eigenvalue weighted by atomic mass is 16.2. The third-order valence-electron chi connectivity index (χ3n) is 4.98. The molecule has 1 aliphatic heterocycles. The van der Waals surface area contributed by atoms with Gasteiger partial charge in [0.1, 0.15) is 12.7 Å². The molecule has 3 aromatic rings. The Morgan fingerprint density at radius 1 is 1.08 bits per heavy atom. The number of hydrogen-bond donors (Lipinski definition) is 0. The average molecular weight is 350 g/mol. The van der Waals surface area contributed by atoms with Crippen LogP contribution in [-0.4, -0.2) is 48.4 Å². The normalized spacial score (nSPS) is 14.1. The van der Waals surface area contributed by atoms with Gasteiger partial charge in [-0.15, -0.1) is 10.2 Å². The SMILES string of the molecule is Cn1nc(-c2ccccc2)c2c1CCN(C(=O)CCn1cnnc1)CC2. The van der Waals surface area contributed by atoms with Crippen LogP contribution < -0.4 is 0 Å². The van der Waals surface area contributed by atoms with Crippen molar-refractivity contribution in [2.24, 2.45) is 7.05 Å². The highest BCUT2D eigenvalue weighted by Gasteiger charge is 2.24. The molecule has 0 radical (unpaired) electrons. The van der Waals surface area contributed by atoms with E-state index in [1.165, 1.54) is 11.3 Å². The second kappa shape index (κ2) is 7.11. The number of fused-ring (bicyclic) bond motifs is 1. The first-order chi connectivity index (χ1) is 12.7. The molecule has 26 heavy (non-hydrogen) atoms. The summed E-state index contributed by atoms with van der Waals surface area (Å²) in [5.74, 6) is 0.181. The molecular weight excluding hydrogens is 328 g/mol. The lowest BCUT2D eigenvalue weighted by atomic mass is 10.0. The Hall–Kier alpha value is -2.96. The smallest absolute Gasteiger partial charge is 0.224 e. The maximum atomic E-state index is 12.6. The molecule has 2 aromatic heterocycles. The number of carbonyl (C=O) groups excluding carboxylic acids is 1. The largest absolute Gasteiger partial charge is 0.342 e. The molecule has 0 N–H and O–H groups in total. The lowest BCUT2D eigenvalue weighted by Crippen LogP contribution is -2.34. The standard InChI is InChI=1S/C19H22N6O/c1-23-17-8-12-25(18(26)9-10-24-13-20-21-14-24)11-7-16(17)19(22-23)15-5-3-2-4-6-15/h2-6,13-14H,7-12H2,1H3. The molecule has 0 unspecified atom stereocenters. The maximum Gasteiger partial charge on any atom is 0.224 e. The van der Waals surface area contributed by atoms with Gasteiger partial charge in [-0.2, -0.15) is 5.10 Å². The monoisotopic (exact) mass is 350 g/mol. The summed E-state index contributed by atoms with van der Waals surface area (Å²) in [6, 6.07) is 10.3. The number of aromatic nitrogens is 5. The van der Waals surface area contributed by atoms with Crippen LogP contribution in [0.2, 0.25) is 0 Å². The minimum atomic E-state index is 0.181. The summed E-state index contributed by atoms with van der Waals surface area (Å²) in [6.45, 7) is 2.09. The number of rotatable bonds is 4. The van der Waals surface area contributed by atoms with Crippen molar-refractivity contribution in [3.63, 3.8) is 0 Å². The summed E-state index contributed by atoms with van der Waals surface area (Å²) in [5, 5.41) is 12.3. The Bertz CT molecular complexity index is 884. The van der Waals surface area contributed by atoms with Crippen molar-refractivity contribution in [2.45, 2.75) is 25.8 Å².